The summed E-state index contributed by atoms with van der Waals surface area (Å²) in [7, 11) is 0. The third kappa shape index (κ3) is 1.03. The predicted molar refractivity (Wildman–Crippen MR) is 51.8 cm³/mol. The highest BCUT2D eigenvalue weighted by molar-refractivity contribution is 5.73. The Morgan fingerprint density at radius 3 is 3.08 bits per heavy atom. The van der Waals surface area contributed by atoms with E-state index in [1.807, 2.05) is 18.5 Å². The van der Waals surface area contributed by atoms with Gasteiger partial charge in [0.25, 0.3) is 0 Å². The van der Waals surface area contributed by atoms with Crippen LogP contribution in [0.15, 0.2) is 24.5 Å². The smallest absolute Gasteiger partial charge is 0.0312 e. The zero-order valence-electron chi connectivity index (χ0n) is 7.07. The van der Waals surface area contributed by atoms with E-state index in [1.54, 1.807) is 0 Å². The lowest BCUT2D eigenvalue weighted by molar-refractivity contribution is 1.13. The Morgan fingerprint density at radius 1 is 1.08 bits per heavy atom. The highest BCUT2D eigenvalue weighted by atomic mass is 14.6. The maximum Gasteiger partial charge on any atom is 0.0312 e. The Bertz CT molecular complexity index is 354. The third-order valence-electron chi connectivity index (χ3n) is 2.44. The summed E-state index contributed by atoms with van der Waals surface area (Å²) in [6.07, 6.45) is 14.4. The van der Waals surface area contributed by atoms with Crippen molar-refractivity contribution in [2.45, 2.75) is 0 Å². The molecule has 0 spiro atoms. The molecule has 0 atom stereocenters. The fraction of sp³-hybridized carbons (Fsp3) is 0. The number of aromatic nitrogens is 1. The fourth-order valence-corrected chi connectivity index (χ4v) is 1.78. The molecule has 0 saturated heterocycles. The molecule has 61 valence electrons. The normalized spacial score (nSPS) is 21.5. The second-order valence-electron chi connectivity index (χ2n) is 3.19. The zero-order chi connectivity index (χ0) is 8.67. The molecule has 0 aromatic carbocycles. The lowest BCUT2D eigenvalue weighted by atomic mass is 9.83. The van der Waals surface area contributed by atoms with Gasteiger partial charge in [0.05, 0.1) is 0 Å². The molecular formula is C12H8N. The molecule has 0 bridgehead atoms. The average Bonchev–Trinajstić information content (AvgIpc) is 2.65. The van der Waals surface area contributed by atoms with Crippen LogP contribution in [0.25, 0.3) is 6.08 Å². The first-order chi connectivity index (χ1) is 6.45. The number of hydrogen-bond acceptors (Lipinski definition) is 1. The highest BCUT2D eigenvalue weighted by Crippen LogP contribution is 2.43. The molecule has 1 nitrogen and oxygen atoms in total. The van der Waals surface area contributed by atoms with Crippen molar-refractivity contribution in [3.05, 3.63) is 66.8 Å². The van der Waals surface area contributed by atoms with Crippen LogP contribution in [0, 0.1) is 31.1 Å². The second-order valence-corrected chi connectivity index (χ2v) is 3.19. The van der Waals surface area contributed by atoms with E-state index < -0.39 is 0 Å². The molecule has 5 radical (unpaired) electrons. The van der Waals surface area contributed by atoms with Crippen molar-refractivity contribution in [1.29, 1.82) is 0 Å². The highest BCUT2D eigenvalue weighted by Gasteiger charge is 2.32. The van der Waals surface area contributed by atoms with Crippen LogP contribution in [0.3, 0.4) is 0 Å². The quantitative estimate of drug-likeness (QED) is 0.576. The number of nitrogens with zero attached hydrogens (tertiary/aromatic N) is 1. The van der Waals surface area contributed by atoms with Gasteiger partial charge in [-0.05, 0) is 36.5 Å². The molecule has 1 aromatic rings. The summed E-state index contributed by atoms with van der Waals surface area (Å²) >= 11 is 0. The maximum absolute atomic E-state index is 4.14. The van der Waals surface area contributed by atoms with Gasteiger partial charge >= 0.3 is 0 Å². The summed E-state index contributed by atoms with van der Waals surface area (Å²) in [4.78, 5) is 4.14. The van der Waals surface area contributed by atoms with Crippen molar-refractivity contribution in [1.82, 2.24) is 4.98 Å². The molecule has 0 unspecified atom stereocenters. The van der Waals surface area contributed by atoms with E-state index in [2.05, 4.69) is 36.4 Å². The number of rotatable bonds is 0. The topological polar surface area (TPSA) is 12.9 Å². The Balaban J connectivity index is 2.13. The average molecular weight is 166 g/mol. The molecule has 0 aliphatic heterocycles. The molecule has 13 heavy (non-hydrogen) atoms. The van der Waals surface area contributed by atoms with E-state index in [1.165, 1.54) is 23.0 Å². The minimum Gasteiger partial charge on any atom is -0.264 e. The van der Waals surface area contributed by atoms with Crippen molar-refractivity contribution >= 4 is 6.08 Å². The van der Waals surface area contributed by atoms with Crippen molar-refractivity contribution in [3.8, 4) is 0 Å². The molecule has 2 aliphatic carbocycles. The van der Waals surface area contributed by atoms with Crippen molar-refractivity contribution < 1.29 is 0 Å². The van der Waals surface area contributed by atoms with Crippen LogP contribution in [0.2, 0.25) is 0 Å². The predicted octanol–water partition coefficient (Wildman–Crippen LogP) is 2.23. The number of allylic oxidation sites excluding steroid dienone is 1. The molecule has 1 heteroatoms. The lowest BCUT2D eigenvalue weighted by Crippen LogP contribution is -2.09. The number of pyridine rings is 1. The Kier molecular flexibility index (Phi) is 1.51. The van der Waals surface area contributed by atoms with Crippen molar-refractivity contribution in [2.24, 2.45) is 0 Å². The minimum atomic E-state index is 1.24. The first kappa shape index (κ1) is 7.31. The van der Waals surface area contributed by atoms with E-state index >= 15 is 0 Å². The first-order valence-corrected chi connectivity index (χ1v) is 4.33. The summed E-state index contributed by atoms with van der Waals surface area (Å²) in [5.41, 5.74) is 2.50. The summed E-state index contributed by atoms with van der Waals surface area (Å²) in [6, 6.07) is 2.04. The van der Waals surface area contributed by atoms with Gasteiger partial charge < -0.3 is 0 Å². The molecule has 0 N–H and O–H groups in total. The second kappa shape index (κ2) is 2.69. The third-order valence-corrected chi connectivity index (χ3v) is 2.44. The molecule has 1 fully saturated rings. The van der Waals surface area contributed by atoms with Crippen LogP contribution >= 0.6 is 0 Å². The van der Waals surface area contributed by atoms with Gasteiger partial charge in [0.2, 0.25) is 0 Å². The monoisotopic (exact) mass is 166 g/mol. The SMILES string of the molecule is [CH]1[CH][C]2C=Cc3ccncc3[C]2[CH]1. The standard InChI is InChI=1S/C12H8N/c1-2-9-4-5-10-6-7-13-8-12(10)11(9)3-1/h1-8H. The molecule has 0 amide bonds. The molecule has 3 rings (SSSR count). The number of fused-ring (bicyclic) bond motifs is 3. The zero-order valence-corrected chi connectivity index (χ0v) is 7.07. The summed E-state index contributed by atoms with van der Waals surface area (Å²) in [5.74, 6) is 2.59. The van der Waals surface area contributed by atoms with E-state index in [0.29, 0.717) is 0 Å². The minimum absolute atomic E-state index is 1.24. The summed E-state index contributed by atoms with van der Waals surface area (Å²) in [6.45, 7) is 0. The molecule has 1 saturated carbocycles. The molecular weight excluding hydrogens is 158 g/mol. The van der Waals surface area contributed by atoms with Gasteiger partial charge in [-0.1, -0.05) is 12.2 Å². The van der Waals surface area contributed by atoms with Gasteiger partial charge in [-0.2, -0.15) is 0 Å². The Morgan fingerprint density at radius 2 is 2.08 bits per heavy atom. The fourth-order valence-electron chi connectivity index (χ4n) is 1.78. The Hall–Kier alpha value is -1.11. The molecule has 1 heterocycles. The molecule has 1 aromatic heterocycles. The van der Waals surface area contributed by atoms with Crippen LogP contribution < -0.4 is 0 Å². The van der Waals surface area contributed by atoms with Crippen LogP contribution in [0.1, 0.15) is 11.1 Å². The van der Waals surface area contributed by atoms with Gasteiger partial charge in [0, 0.05) is 24.2 Å². The van der Waals surface area contributed by atoms with Gasteiger partial charge in [-0.15, -0.1) is 0 Å². The first-order valence-electron chi connectivity index (χ1n) is 4.33. The van der Waals surface area contributed by atoms with E-state index in [-0.39, 0.29) is 0 Å². The van der Waals surface area contributed by atoms with E-state index in [9.17, 15) is 0 Å². The molecule has 2 aliphatic rings. The summed E-state index contributed by atoms with van der Waals surface area (Å²) < 4.78 is 0. The van der Waals surface area contributed by atoms with Crippen molar-refractivity contribution in [2.75, 3.05) is 0 Å². The van der Waals surface area contributed by atoms with Gasteiger partial charge in [-0.3, -0.25) is 4.98 Å². The summed E-state index contributed by atoms with van der Waals surface area (Å²) in [5, 5.41) is 0. The van der Waals surface area contributed by atoms with Gasteiger partial charge in [-0.25, -0.2) is 0 Å². The van der Waals surface area contributed by atoms with Crippen LogP contribution in [-0.2, 0) is 0 Å². The van der Waals surface area contributed by atoms with E-state index in [0.717, 1.165) is 0 Å². The maximum atomic E-state index is 4.14. The van der Waals surface area contributed by atoms with Crippen LogP contribution in [0.5, 0.6) is 0 Å². The largest absolute Gasteiger partial charge is 0.264 e. The lowest BCUT2D eigenvalue weighted by Gasteiger charge is -2.21. The van der Waals surface area contributed by atoms with Crippen LogP contribution in [-0.4, -0.2) is 4.98 Å². The number of hydrogen-bond donors (Lipinski definition) is 0. The van der Waals surface area contributed by atoms with Crippen molar-refractivity contribution in [3.63, 3.8) is 0 Å². The van der Waals surface area contributed by atoms with E-state index in [4.69, 9.17) is 0 Å². The van der Waals surface area contributed by atoms with Crippen LogP contribution in [0.4, 0.5) is 0 Å². The Labute approximate surface area is 78.5 Å². The van der Waals surface area contributed by atoms with Gasteiger partial charge in [0.15, 0.2) is 0 Å². The van der Waals surface area contributed by atoms with Gasteiger partial charge in [0.1, 0.15) is 0 Å².